The van der Waals surface area contributed by atoms with E-state index in [9.17, 15) is 4.79 Å². The number of nitrogens with zero attached hydrogens (tertiary/aromatic N) is 2. The summed E-state index contributed by atoms with van der Waals surface area (Å²) in [6.45, 7) is 4.10. The van der Waals surface area contributed by atoms with Crippen LogP contribution >= 0.6 is 0 Å². The Kier molecular flexibility index (Phi) is 5.53. The molecular weight excluding hydrogens is 314 g/mol. The molecule has 25 heavy (non-hydrogen) atoms. The van der Waals surface area contributed by atoms with Crippen LogP contribution in [0.5, 0.6) is 5.75 Å². The average Bonchev–Trinajstić information content (AvgIpc) is 2.67. The Balaban J connectivity index is 1.47. The van der Waals surface area contributed by atoms with Crippen LogP contribution < -0.4 is 10.1 Å². The molecule has 1 N–H and O–H groups in total. The summed E-state index contributed by atoms with van der Waals surface area (Å²) in [5, 5.41) is 3.00. The zero-order valence-corrected chi connectivity index (χ0v) is 14.9. The molecule has 2 amide bonds. The third-order valence-electron chi connectivity index (χ3n) is 4.79. The molecule has 2 aromatic rings. The lowest BCUT2D eigenvalue weighted by atomic mass is 9.90. The van der Waals surface area contributed by atoms with Crippen molar-refractivity contribution in [2.45, 2.75) is 32.2 Å². The molecule has 3 rings (SSSR count). The molecule has 1 saturated heterocycles. The second-order valence-corrected chi connectivity index (χ2v) is 6.50. The van der Waals surface area contributed by atoms with Crippen LogP contribution in [-0.4, -0.2) is 36.1 Å². The van der Waals surface area contributed by atoms with Gasteiger partial charge in [-0.3, -0.25) is 4.98 Å². The first-order valence-corrected chi connectivity index (χ1v) is 8.74. The number of carbonyl (C=O) groups is 1. The number of carbonyl (C=O) groups excluding carboxylic acids is 1. The van der Waals surface area contributed by atoms with Gasteiger partial charge in [-0.2, -0.15) is 0 Å². The lowest BCUT2D eigenvalue weighted by molar-refractivity contribution is 0.181. The SMILES string of the molecule is COc1ccc(CNC(=O)N2CCC(c3ccc(C)nc3)CC2)cc1. The van der Waals surface area contributed by atoms with Crippen molar-refractivity contribution in [3.63, 3.8) is 0 Å². The molecule has 5 nitrogen and oxygen atoms in total. The molecule has 0 bridgehead atoms. The highest BCUT2D eigenvalue weighted by atomic mass is 16.5. The molecule has 0 radical (unpaired) electrons. The predicted molar refractivity (Wildman–Crippen MR) is 97.8 cm³/mol. The van der Waals surface area contributed by atoms with Gasteiger partial charge in [-0.25, -0.2) is 4.79 Å². The van der Waals surface area contributed by atoms with E-state index in [0.29, 0.717) is 12.5 Å². The quantitative estimate of drug-likeness (QED) is 0.928. The second-order valence-electron chi connectivity index (χ2n) is 6.50. The Bertz CT molecular complexity index is 690. The number of aromatic nitrogens is 1. The summed E-state index contributed by atoms with van der Waals surface area (Å²) >= 11 is 0. The summed E-state index contributed by atoms with van der Waals surface area (Å²) in [5.41, 5.74) is 3.39. The van der Waals surface area contributed by atoms with Crippen LogP contribution in [0.25, 0.3) is 0 Å². The van der Waals surface area contributed by atoms with Crippen molar-refractivity contribution in [3.8, 4) is 5.75 Å². The van der Waals surface area contributed by atoms with Gasteiger partial charge in [0, 0.05) is 31.5 Å². The molecule has 132 valence electrons. The first kappa shape index (κ1) is 17.3. The maximum Gasteiger partial charge on any atom is 0.317 e. The summed E-state index contributed by atoms with van der Waals surface area (Å²) in [7, 11) is 1.65. The van der Waals surface area contributed by atoms with Crippen LogP contribution in [0.15, 0.2) is 42.6 Å². The summed E-state index contributed by atoms with van der Waals surface area (Å²) in [5.74, 6) is 1.32. The molecule has 0 unspecified atom stereocenters. The highest BCUT2D eigenvalue weighted by molar-refractivity contribution is 5.74. The number of urea groups is 1. The maximum absolute atomic E-state index is 12.4. The van der Waals surface area contributed by atoms with E-state index >= 15 is 0 Å². The number of aryl methyl sites for hydroxylation is 1. The normalized spacial score (nSPS) is 15.0. The number of pyridine rings is 1. The van der Waals surface area contributed by atoms with Gasteiger partial charge in [0.05, 0.1) is 7.11 Å². The molecule has 1 aromatic carbocycles. The number of rotatable bonds is 4. The van der Waals surface area contributed by atoms with Crippen molar-refractivity contribution in [1.29, 1.82) is 0 Å². The third kappa shape index (κ3) is 4.50. The molecule has 1 aliphatic heterocycles. The zero-order chi connectivity index (χ0) is 17.6. The smallest absolute Gasteiger partial charge is 0.317 e. The molecule has 1 aliphatic rings. The number of hydrogen-bond acceptors (Lipinski definition) is 3. The number of hydrogen-bond donors (Lipinski definition) is 1. The summed E-state index contributed by atoms with van der Waals surface area (Å²) in [6.07, 6.45) is 3.95. The summed E-state index contributed by atoms with van der Waals surface area (Å²) < 4.78 is 5.14. The summed E-state index contributed by atoms with van der Waals surface area (Å²) in [6, 6.07) is 12.0. The first-order chi connectivity index (χ1) is 12.2. The van der Waals surface area contributed by atoms with Crippen molar-refractivity contribution in [2.75, 3.05) is 20.2 Å². The zero-order valence-electron chi connectivity index (χ0n) is 14.9. The minimum atomic E-state index is 0.0105. The topological polar surface area (TPSA) is 54.5 Å². The van der Waals surface area contributed by atoms with Crippen LogP contribution in [0.1, 0.15) is 35.6 Å². The fourth-order valence-corrected chi connectivity index (χ4v) is 3.17. The maximum atomic E-state index is 12.4. The van der Waals surface area contributed by atoms with Gasteiger partial charge in [0.15, 0.2) is 0 Å². The first-order valence-electron chi connectivity index (χ1n) is 8.74. The molecule has 0 spiro atoms. The second kappa shape index (κ2) is 8.01. The van der Waals surface area contributed by atoms with Crippen molar-refractivity contribution < 1.29 is 9.53 Å². The molecule has 1 fully saturated rings. The van der Waals surface area contributed by atoms with E-state index < -0.39 is 0 Å². The number of amides is 2. The Morgan fingerprint density at radius 2 is 1.92 bits per heavy atom. The number of ether oxygens (including phenoxy) is 1. The molecule has 0 saturated carbocycles. The number of benzene rings is 1. The van der Waals surface area contributed by atoms with Gasteiger partial charge >= 0.3 is 6.03 Å². The van der Waals surface area contributed by atoms with Gasteiger partial charge < -0.3 is 15.0 Å². The van der Waals surface area contributed by atoms with Gasteiger partial charge in [0.2, 0.25) is 0 Å². The monoisotopic (exact) mass is 339 g/mol. The Morgan fingerprint density at radius 3 is 2.52 bits per heavy atom. The number of piperidine rings is 1. The van der Waals surface area contributed by atoms with E-state index in [0.717, 1.165) is 42.9 Å². The van der Waals surface area contributed by atoms with E-state index in [1.165, 1.54) is 5.56 Å². The predicted octanol–water partition coefficient (Wildman–Crippen LogP) is 3.49. The lowest BCUT2D eigenvalue weighted by Gasteiger charge is -2.32. The molecule has 5 heteroatoms. The highest BCUT2D eigenvalue weighted by Crippen LogP contribution is 2.27. The van der Waals surface area contributed by atoms with Crippen LogP contribution in [-0.2, 0) is 6.54 Å². The van der Waals surface area contributed by atoms with E-state index in [2.05, 4.69) is 22.4 Å². The molecule has 2 heterocycles. The minimum absolute atomic E-state index is 0.0105. The van der Waals surface area contributed by atoms with Gasteiger partial charge in [-0.1, -0.05) is 18.2 Å². The molecule has 0 aliphatic carbocycles. The van der Waals surface area contributed by atoms with Crippen LogP contribution in [0.2, 0.25) is 0 Å². The van der Waals surface area contributed by atoms with E-state index in [1.54, 1.807) is 7.11 Å². The summed E-state index contributed by atoms with van der Waals surface area (Å²) in [4.78, 5) is 18.6. The highest BCUT2D eigenvalue weighted by Gasteiger charge is 2.23. The van der Waals surface area contributed by atoms with Gasteiger partial charge in [-0.05, 0) is 55.0 Å². The van der Waals surface area contributed by atoms with E-state index in [4.69, 9.17) is 4.74 Å². The number of likely N-dealkylation sites (tertiary alicyclic amines) is 1. The fourth-order valence-electron chi connectivity index (χ4n) is 3.17. The fraction of sp³-hybridized carbons (Fsp3) is 0.400. The molecular formula is C20H25N3O2. The number of nitrogens with one attached hydrogen (secondary N) is 1. The number of methoxy groups -OCH3 is 1. The van der Waals surface area contributed by atoms with Crippen LogP contribution in [0.3, 0.4) is 0 Å². The molecule has 1 aromatic heterocycles. The largest absolute Gasteiger partial charge is 0.497 e. The average molecular weight is 339 g/mol. The van der Waals surface area contributed by atoms with Crippen molar-refractivity contribution in [2.24, 2.45) is 0 Å². The van der Waals surface area contributed by atoms with Crippen molar-refractivity contribution in [3.05, 3.63) is 59.4 Å². The van der Waals surface area contributed by atoms with Crippen molar-refractivity contribution in [1.82, 2.24) is 15.2 Å². The Hall–Kier alpha value is -2.56. The van der Waals surface area contributed by atoms with Crippen LogP contribution in [0, 0.1) is 6.92 Å². The van der Waals surface area contributed by atoms with E-state index in [-0.39, 0.29) is 6.03 Å². The molecule has 0 atom stereocenters. The standard InChI is InChI=1S/C20H25N3O2/c1-15-3-6-18(14-21-15)17-9-11-23(12-10-17)20(24)22-13-16-4-7-19(25-2)8-5-16/h3-8,14,17H,9-13H2,1-2H3,(H,22,24). The van der Waals surface area contributed by atoms with E-state index in [1.807, 2.05) is 42.3 Å². The van der Waals surface area contributed by atoms with Gasteiger partial charge in [-0.15, -0.1) is 0 Å². The Morgan fingerprint density at radius 1 is 1.20 bits per heavy atom. The van der Waals surface area contributed by atoms with Crippen molar-refractivity contribution >= 4 is 6.03 Å². The Labute approximate surface area is 149 Å². The lowest BCUT2D eigenvalue weighted by Crippen LogP contribution is -2.43. The third-order valence-corrected chi connectivity index (χ3v) is 4.79. The van der Waals surface area contributed by atoms with Gasteiger partial charge in [0.1, 0.15) is 5.75 Å². The minimum Gasteiger partial charge on any atom is -0.497 e. The van der Waals surface area contributed by atoms with Gasteiger partial charge in [0.25, 0.3) is 0 Å². The van der Waals surface area contributed by atoms with Crippen LogP contribution in [0.4, 0.5) is 4.79 Å².